The average Bonchev–Trinajstić information content (AvgIpc) is 2.64. The number of aromatic nitrogens is 2. The zero-order valence-corrected chi connectivity index (χ0v) is 10.8. The zero-order chi connectivity index (χ0) is 9.52. The Kier molecular flexibility index (Phi) is 5.98. The van der Waals surface area contributed by atoms with E-state index in [1.807, 2.05) is 11.8 Å². The van der Waals surface area contributed by atoms with Crippen molar-refractivity contribution in [3.8, 4) is 0 Å². The lowest BCUT2D eigenvalue weighted by atomic mass is 10.1. The highest BCUT2D eigenvalue weighted by molar-refractivity contribution is 9.09. The van der Waals surface area contributed by atoms with Crippen molar-refractivity contribution < 1.29 is 0 Å². The second-order valence-corrected chi connectivity index (χ2v) is 5.57. The number of thioether (sulfide) groups is 1. The predicted molar refractivity (Wildman–Crippen MR) is 62.8 cm³/mol. The van der Waals surface area contributed by atoms with E-state index < -0.39 is 0 Å². The summed E-state index contributed by atoms with van der Waals surface area (Å²) in [5, 5.41) is 8.90. The molecular weight excluding hydrogens is 268 g/mol. The number of nitrogens with zero attached hydrogens (tertiary/aromatic N) is 2. The molecule has 13 heavy (non-hydrogen) atoms. The van der Waals surface area contributed by atoms with Gasteiger partial charge in [-0.15, -0.1) is 10.2 Å². The highest BCUT2D eigenvalue weighted by Crippen LogP contribution is 2.24. The van der Waals surface area contributed by atoms with E-state index in [9.17, 15) is 0 Å². The molecule has 0 bridgehead atoms. The molecule has 0 aromatic carbocycles. The van der Waals surface area contributed by atoms with E-state index in [2.05, 4.69) is 33.1 Å². The number of hydrogen-bond donors (Lipinski definition) is 0. The Labute approximate surface area is 95.7 Å². The fourth-order valence-electron chi connectivity index (χ4n) is 1.03. The van der Waals surface area contributed by atoms with E-state index in [-0.39, 0.29) is 0 Å². The van der Waals surface area contributed by atoms with Crippen LogP contribution in [-0.4, -0.2) is 21.3 Å². The van der Waals surface area contributed by atoms with E-state index in [4.69, 9.17) is 0 Å². The molecule has 0 spiro atoms. The van der Waals surface area contributed by atoms with Crippen LogP contribution >= 0.6 is 39.0 Å². The lowest BCUT2D eigenvalue weighted by Crippen LogP contribution is -2.04. The fourth-order valence-corrected chi connectivity index (χ4v) is 3.54. The predicted octanol–water partition coefficient (Wildman–Crippen LogP) is 3.44. The summed E-state index contributed by atoms with van der Waals surface area (Å²) < 4.78 is 1.09. The van der Waals surface area contributed by atoms with Crippen molar-refractivity contribution >= 4 is 39.0 Å². The lowest BCUT2D eigenvalue weighted by Gasteiger charge is -2.10. The molecule has 0 aliphatic carbocycles. The van der Waals surface area contributed by atoms with Gasteiger partial charge in [0.05, 0.1) is 0 Å². The van der Waals surface area contributed by atoms with Crippen molar-refractivity contribution in [1.29, 1.82) is 0 Å². The van der Waals surface area contributed by atoms with Gasteiger partial charge in [0.1, 0.15) is 5.51 Å². The van der Waals surface area contributed by atoms with Crippen molar-refractivity contribution in [2.75, 3.05) is 11.1 Å². The minimum atomic E-state index is 0.763. The van der Waals surface area contributed by atoms with Crippen molar-refractivity contribution in [3.05, 3.63) is 5.51 Å². The largest absolute Gasteiger partial charge is 0.174 e. The average molecular weight is 281 g/mol. The summed E-state index contributed by atoms with van der Waals surface area (Å²) in [6, 6.07) is 0. The summed E-state index contributed by atoms with van der Waals surface area (Å²) >= 11 is 6.97. The standard InChI is InChI=1S/C8H13BrN2S2/c1-2-3-7(4-9)5-12-8-11-10-6-13-8/h6-7H,2-5H2,1H3. The first-order chi connectivity index (χ1) is 6.36. The summed E-state index contributed by atoms with van der Waals surface area (Å²) in [7, 11) is 0. The second-order valence-electron chi connectivity index (χ2n) is 2.82. The van der Waals surface area contributed by atoms with Crippen LogP contribution in [0.2, 0.25) is 0 Å². The maximum absolute atomic E-state index is 4.00. The van der Waals surface area contributed by atoms with Crippen molar-refractivity contribution in [2.45, 2.75) is 24.1 Å². The van der Waals surface area contributed by atoms with Crippen LogP contribution in [0.25, 0.3) is 0 Å². The van der Waals surface area contributed by atoms with E-state index in [1.54, 1.807) is 16.8 Å². The number of halogens is 1. The molecule has 0 fully saturated rings. The Morgan fingerprint density at radius 2 is 2.54 bits per heavy atom. The first kappa shape index (κ1) is 11.5. The van der Waals surface area contributed by atoms with Crippen LogP contribution < -0.4 is 0 Å². The number of alkyl halides is 1. The van der Waals surface area contributed by atoms with Gasteiger partial charge in [-0.1, -0.05) is 52.4 Å². The molecule has 1 aromatic rings. The highest BCUT2D eigenvalue weighted by atomic mass is 79.9. The maximum atomic E-state index is 4.00. The van der Waals surface area contributed by atoms with Gasteiger partial charge in [0.2, 0.25) is 0 Å². The van der Waals surface area contributed by atoms with Gasteiger partial charge in [-0.2, -0.15) is 0 Å². The third kappa shape index (κ3) is 4.42. The number of rotatable bonds is 6. The molecule has 0 amide bonds. The van der Waals surface area contributed by atoms with Gasteiger partial charge < -0.3 is 0 Å². The molecule has 0 radical (unpaired) electrons. The minimum Gasteiger partial charge on any atom is -0.146 e. The maximum Gasteiger partial charge on any atom is 0.174 e. The molecule has 5 heteroatoms. The molecule has 0 saturated carbocycles. The number of hydrogen-bond acceptors (Lipinski definition) is 4. The second kappa shape index (κ2) is 6.79. The molecule has 1 unspecified atom stereocenters. The van der Waals surface area contributed by atoms with Crippen LogP contribution in [0.5, 0.6) is 0 Å². The Hall–Kier alpha value is 0.390. The van der Waals surface area contributed by atoms with Gasteiger partial charge in [-0.25, -0.2) is 0 Å². The highest BCUT2D eigenvalue weighted by Gasteiger charge is 2.07. The van der Waals surface area contributed by atoms with E-state index >= 15 is 0 Å². The van der Waals surface area contributed by atoms with Gasteiger partial charge in [0, 0.05) is 11.1 Å². The van der Waals surface area contributed by atoms with Crippen LogP contribution in [0.15, 0.2) is 9.85 Å². The Balaban J connectivity index is 2.23. The van der Waals surface area contributed by atoms with Gasteiger partial charge in [-0.05, 0) is 12.3 Å². The smallest absolute Gasteiger partial charge is 0.146 e. The van der Waals surface area contributed by atoms with E-state index in [0.717, 1.165) is 21.3 Å². The zero-order valence-electron chi connectivity index (χ0n) is 7.57. The van der Waals surface area contributed by atoms with Crippen molar-refractivity contribution in [1.82, 2.24) is 10.2 Å². The van der Waals surface area contributed by atoms with Gasteiger partial charge in [0.25, 0.3) is 0 Å². The Morgan fingerprint density at radius 3 is 3.08 bits per heavy atom. The normalized spacial score (nSPS) is 13.1. The van der Waals surface area contributed by atoms with Crippen LogP contribution in [-0.2, 0) is 0 Å². The van der Waals surface area contributed by atoms with Crippen LogP contribution in [0.1, 0.15) is 19.8 Å². The molecule has 1 aromatic heterocycles. The van der Waals surface area contributed by atoms with E-state index in [1.165, 1.54) is 12.8 Å². The van der Waals surface area contributed by atoms with Gasteiger partial charge in [-0.3, -0.25) is 0 Å². The summed E-state index contributed by atoms with van der Waals surface area (Å²) in [6.45, 7) is 2.23. The van der Waals surface area contributed by atoms with Gasteiger partial charge in [0.15, 0.2) is 4.34 Å². The molecule has 1 rings (SSSR count). The Bertz CT molecular complexity index is 216. The van der Waals surface area contributed by atoms with Crippen molar-refractivity contribution in [3.63, 3.8) is 0 Å². The van der Waals surface area contributed by atoms with Gasteiger partial charge >= 0.3 is 0 Å². The molecule has 0 N–H and O–H groups in total. The summed E-state index contributed by atoms with van der Waals surface area (Å²) in [5.74, 6) is 1.91. The first-order valence-electron chi connectivity index (χ1n) is 4.31. The topological polar surface area (TPSA) is 25.8 Å². The summed E-state index contributed by atoms with van der Waals surface area (Å²) in [6.07, 6.45) is 2.55. The molecule has 0 aliphatic heterocycles. The minimum absolute atomic E-state index is 0.763. The van der Waals surface area contributed by atoms with Crippen LogP contribution in [0.4, 0.5) is 0 Å². The van der Waals surface area contributed by atoms with E-state index in [0.29, 0.717) is 0 Å². The summed E-state index contributed by atoms with van der Waals surface area (Å²) in [5.41, 5.74) is 1.78. The molecule has 2 nitrogen and oxygen atoms in total. The van der Waals surface area contributed by atoms with Crippen LogP contribution in [0, 0.1) is 5.92 Å². The third-order valence-electron chi connectivity index (χ3n) is 1.70. The quantitative estimate of drug-likeness (QED) is 0.590. The molecule has 1 atom stereocenters. The first-order valence-corrected chi connectivity index (χ1v) is 7.30. The lowest BCUT2D eigenvalue weighted by molar-refractivity contribution is 0.597. The fraction of sp³-hybridized carbons (Fsp3) is 0.750. The SMILES string of the molecule is CCCC(CBr)CSc1nncs1. The molecule has 0 saturated heterocycles. The monoisotopic (exact) mass is 280 g/mol. The van der Waals surface area contributed by atoms with Crippen LogP contribution in [0.3, 0.4) is 0 Å². The molecule has 1 heterocycles. The Morgan fingerprint density at radius 1 is 1.69 bits per heavy atom. The molecule has 0 aliphatic rings. The van der Waals surface area contributed by atoms with Crippen molar-refractivity contribution in [2.24, 2.45) is 5.92 Å². The summed E-state index contributed by atoms with van der Waals surface area (Å²) in [4.78, 5) is 0. The molecular formula is C8H13BrN2S2. The molecule has 74 valence electrons. The third-order valence-corrected chi connectivity index (χ3v) is 4.71.